The van der Waals surface area contributed by atoms with Crippen LogP contribution < -0.4 is 0 Å². The molecule has 0 aliphatic rings. The van der Waals surface area contributed by atoms with Crippen molar-refractivity contribution in [3.63, 3.8) is 0 Å². The predicted octanol–water partition coefficient (Wildman–Crippen LogP) is 19.5. The zero-order chi connectivity index (χ0) is 50.7. The number of hydrogen-bond acceptors (Lipinski definition) is 6. The summed E-state index contributed by atoms with van der Waals surface area (Å²) < 4.78 is 16.7. The van der Waals surface area contributed by atoms with Crippen LogP contribution in [-0.2, 0) is 28.6 Å². The van der Waals surface area contributed by atoms with Gasteiger partial charge in [-0.2, -0.15) is 0 Å². The van der Waals surface area contributed by atoms with Gasteiger partial charge in [-0.25, -0.2) is 0 Å². The van der Waals surface area contributed by atoms with Crippen LogP contribution in [0.4, 0.5) is 0 Å². The maximum atomic E-state index is 12.8. The molecule has 0 aliphatic carbocycles. The summed E-state index contributed by atoms with van der Waals surface area (Å²) in [6, 6.07) is 0. The minimum Gasteiger partial charge on any atom is -0.462 e. The topological polar surface area (TPSA) is 78.9 Å². The molecule has 6 nitrogen and oxygen atoms in total. The smallest absolute Gasteiger partial charge is 0.309 e. The molecule has 1 unspecified atom stereocenters. The number of rotatable bonds is 51. The Morgan fingerprint density at radius 3 is 1.00 bits per heavy atom. The summed E-state index contributed by atoms with van der Waals surface area (Å²) in [7, 11) is 0. The second-order valence-corrected chi connectivity index (χ2v) is 18.8. The Morgan fingerprint density at radius 1 is 0.314 bits per heavy atom. The van der Waals surface area contributed by atoms with Gasteiger partial charge < -0.3 is 14.2 Å². The lowest BCUT2D eigenvalue weighted by Gasteiger charge is -2.18. The monoisotopic (exact) mass is 971 g/mol. The van der Waals surface area contributed by atoms with Crippen LogP contribution in [0.2, 0.25) is 0 Å². The van der Waals surface area contributed by atoms with E-state index in [4.69, 9.17) is 14.2 Å². The van der Waals surface area contributed by atoms with Crippen molar-refractivity contribution in [2.75, 3.05) is 13.2 Å². The predicted molar refractivity (Wildman–Crippen MR) is 302 cm³/mol. The highest BCUT2D eigenvalue weighted by molar-refractivity contribution is 5.72. The van der Waals surface area contributed by atoms with Gasteiger partial charge in [-0.3, -0.25) is 14.4 Å². The molecule has 70 heavy (non-hydrogen) atoms. The molecule has 0 aromatic heterocycles. The van der Waals surface area contributed by atoms with Crippen molar-refractivity contribution in [2.45, 2.75) is 264 Å². The van der Waals surface area contributed by atoms with Crippen molar-refractivity contribution in [1.82, 2.24) is 0 Å². The quantitative estimate of drug-likeness (QED) is 0.0262. The van der Waals surface area contributed by atoms with Crippen LogP contribution in [0.15, 0.2) is 109 Å². The van der Waals surface area contributed by atoms with E-state index in [9.17, 15) is 14.4 Å². The van der Waals surface area contributed by atoms with Gasteiger partial charge in [0.1, 0.15) is 13.2 Å². The van der Waals surface area contributed by atoms with E-state index in [1.54, 1.807) is 6.08 Å². The maximum absolute atomic E-state index is 12.8. The minimum atomic E-state index is -0.832. The lowest BCUT2D eigenvalue weighted by molar-refractivity contribution is -0.166. The third-order valence-corrected chi connectivity index (χ3v) is 12.1. The molecule has 0 heterocycles. The molecule has 0 spiro atoms. The Bertz CT molecular complexity index is 1440. The number of carbonyl (C=O) groups excluding carboxylic acids is 3. The lowest BCUT2D eigenvalue weighted by atomic mass is 10.0. The summed E-state index contributed by atoms with van der Waals surface area (Å²) in [6.07, 6.45) is 78.2. The summed E-state index contributed by atoms with van der Waals surface area (Å²) in [5.41, 5.74) is 0. The number of allylic oxidation sites excluding steroid dienone is 17. The highest BCUT2D eigenvalue weighted by Gasteiger charge is 2.19. The summed E-state index contributed by atoms with van der Waals surface area (Å²) in [5, 5.41) is 0. The molecule has 0 saturated carbocycles. The van der Waals surface area contributed by atoms with Gasteiger partial charge in [-0.1, -0.05) is 265 Å². The van der Waals surface area contributed by atoms with Gasteiger partial charge in [0.2, 0.25) is 0 Å². The molecule has 0 radical (unpaired) electrons. The molecule has 0 rings (SSSR count). The van der Waals surface area contributed by atoms with Crippen molar-refractivity contribution in [2.24, 2.45) is 0 Å². The van der Waals surface area contributed by atoms with E-state index >= 15 is 0 Å². The normalized spacial score (nSPS) is 12.9. The molecule has 0 bridgehead atoms. The molecule has 0 aromatic carbocycles. The Morgan fingerprint density at radius 2 is 0.614 bits per heavy atom. The van der Waals surface area contributed by atoms with Crippen LogP contribution in [0.3, 0.4) is 0 Å². The average molecular weight is 972 g/mol. The van der Waals surface area contributed by atoms with Crippen LogP contribution in [0.1, 0.15) is 258 Å². The zero-order valence-electron chi connectivity index (χ0n) is 45.5. The van der Waals surface area contributed by atoms with Crippen molar-refractivity contribution in [1.29, 1.82) is 0 Å². The Balaban J connectivity index is 4.49. The highest BCUT2D eigenvalue weighted by atomic mass is 16.6. The van der Waals surface area contributed by atoms with Gasteiger partial charge in [-0.05, 0) is 83.5 Å². The summed E-state index contributed by atoms with van der Waals surface area (Å²) in [5.74, 6) is -1.07. The first kappa shape index (κ1) is 66.1. The maximum Gasteiger partial charge on any atom is 0.309 e. The summed E-state index contributed by atoms with van der Waals surface area (Å²) >= 11 is 0. The van der Waals surface area contributed by atoms with Gasteiger partial charge in [0.15, 0.2) is 6.10 Å². The molecule has 0 aromatic rings. The van der Waals surface area contributed by atoms with Crippen LogP contribution in [0.5, 0.6) is 0 Å². The Hall–Kier alpha value is -3.93. The molecule has 0 amide bonds. The largest absolute Gasteiger partial charge is 0.462 e. The Labute approximate surface area is 431 Å². The van der Waals surface area contributed by atoms with Crippen molar-refractivity contribution >= 4 is 17.9 Å². The first-order valence-corrected chi connectivity index (χ1v) is 28.9. The number of unbranched alkanes of at least 4 members (excludes halogenated alkanes) is 23. The third-order valence-electron chi connectivity index (χ3n) is 12.1. The van der Waals surface area contributed by atoms with Crippen molar-refractivity contribution < 1.29 is 28.6 Å². The number of hydrogen-bond donors (Lipinski definition) is 0. The highest BCUT2D eigenvalue weighted by Crippen LogP contribution is 2.16. The molecular weight excluding hydrogens is 865 g/mol. The number of esters is 3. The molecular formula is C64H106O6. The number of carbonyl (C=O) groups is 3. The van der Waals surface area contributed by atoms with Gasteiger partial charge in [-0.15, -0.1) is 0 Å². The molecule has 6 heteroatoms. The first-order valence-electron chi connectivity index (χ1n) is 28.9. The van der Waals surface area contributed by atoms with Gasteiger partial charge in [0, 0.05) is 12.8 Å². The van der Waals surface area contributed by atoms with E-state index in [0.29, 0.717) is 6.42 Å². The fraction of sp³-hybridized carbons (Fsp3) is 0.672. The summed E-state index contributed by atoms with van der Waals surface area (Å²) in [6.45, 7) is 6.32. The third kappa shape index (κ3) is 55.0. The van der Waals surface area contributed by atoms with Crippen molar-refractivity contribution in [3.8, 4) is 0 Å². The fourth-order valence-electron chi connectivity index (χ4n) is 7.80. The Kier molecular flexibility index (Phi) is 54.4. The van der Waals surface area contributed by atoms with Gasteiger partial charge >= 0.3 is 17.9 Å². The molecule has 0 saturated heterocycles. The van der Waals surface area contributed by atoms with Crippen LogP contribution in [-0.4, -0.2) is 37.2 Å². The summed E-state index contributed by atoms with van der Waals surface area (Å²) in [4.78, 5) is 38.1. The molecule has 1 atom stereocenters. The van der Waals surface area contributed by atoms with Gasteiger partial charge in [0.25, 0.3) is 0 Å². The molecule has 0 fully saturated rings. The molecule has 0 N–H and O–H groups in total. The van der Waals surface area contributed by atoms with E-state index < -0.39 is 12.1 Å². The van der Waals surface area contributed by atoms with Crippen molar-refractivity contribution in [3.05, 3.63) is 109 Å². The molecule has 398 valence electrons. The zero-order valence-corrected chi connectivity index (χ0v) is 45.5. The second-order valence-electron chi connectivity index (χ2n) is 18.8. The average Bonchev–Trinajstić information content (AvgIpc) is 3.36. The first-order chi connectivity index (χ1) is 34.5. The van der Waals surface area contributed by atoms with E-state index in [2.05, 4.69) is 118 Å². The van der Waals surface area contributed by atoms with Crippen LogP contribution >= 0.6 is 0 Å². The second kappa shape index (κ2) is 57.6. The molecule has 0 aliphatic heterocycles. The van der Waals surface area contributed by atoms with Crippen LogP contribution in [0, 0.1) is 0 Å². The van der Waals surface area contributed by atoms with E-state index in [-0.39, 0.29) is 38.0 Å². The van der Waals surface area contributed by atoms with E-state index in [1.165, 1.54) is 109 Å². The van der Waals surface area contributed by atoms with Gasteiger partial charge in [0.05, 0.1) is 6.42 Å². The lowest BCUT2D eigenvalue weighted by Crippen LogP contribution is -2.30. The number of ether oxygens (including phenoxy) is 3. The standard InChI is InChI=1S/C64H106O6/c1-4-7-10-13-16-19-22-25-28-30-31-32-34-36-39-42-45-48-51-54-57-63(66)69-60-61(59-68-62(65)56-53-50-47-44-41-38-35-27-24-21-18-15-12-9-6-3)70-64(67)58-55-52-49-46-43-40-37-33-29-26-23-20-17-14-11-8-5-2/h8-9,11-12,17-18,20-21,26-27,29,35,37,40-41,44,50,53,61H,4-7,10,13-16,19,22-25,28,30-34,36,38-39,42-43,45-49,51-52,54-60H2,1-3H3/b11-8-,12-9-,20-17-,21-18-,29-26-,35-27-,40-37-,44-41-,53-50-. The van der Waals surface area contributed by atoms with Crippen LogP contribution in [0.25, 0.3) is 0 Å². The minimum absolute atomic E-state index is 0.117. The van der Waals surface area contributed by atoms with E-state index in [1.807, 2.05) is 6.08 Å². The fourth-order valence-corrected chi connectivity index (χ4v) is 7.80. The SMILES string of the molecule is CC/C=C\C/C=C\C/C=C\C/C=C\C/C=C\CC(=O)OCC(COC(=O)CCCCCCCCCCCCCCCCCCCCCC)OC(=O)CCCCCC/C=C\C/C=C\C/C=C\C/C=C\CC. The van der Waals surface area contributed by atoms with E-state index in [0.717, 1.165) is 109 Å².